The largest absolute Gasteiger partial charge is 0.497 e. The SMILES string of the molecule is COc1ccc(OC)c(S(=O)(=O)N2CCN(C(=O)/C=C/c3cccc(F)c3)CC2)c1. The van der Waals surface area contributed by atoms with Gasteiger partial charge in [0.25, 0.3) is 0 Å². The molecular weight excluding hydrogens is 411 g/mol. The number of carbonyl (C=O) groups is 1. The number of carbonyl (C=O) groups excluding carboxylic acids is 1. The summed E-state index contributed by atoms with van der Waals surface area (Å²) >= 11 is 0. The fourth-order valence-corrected chi connectivity index (χ4v) is 4.75. The lowest BCUT2D eigenvalue weighted by molar-refractivity contribution is -0.127. The van der Waals surface area contributed by atoms with Gasteiger partial charge in [0.2, 0.25) is 15.9 Å². The quantitative estimate of drug-likeness (QED) is 0.653. The summed E-state index contributed by atoms with van der Waals surface area (Å²) in [6, 6.07) is 10.5. The molecule has 30 heavy (non-hydrogen) atoms. The van der Waals surface area contributed by atoms with Gasteiger partial charge < -0.3 is 14.4 Å². The number of ether oxygens (including phenoxy) is 2. The molecule has 3 rings (SSSR count). The van der Waals surface area contributed by atoms with Crippen LogP contribution in [0.25, 0.3) is 6.08 Å². The number of benzene rings is 2. The maximum absolute atomic E-state index is 13.2. The van der Waals surface area contributed by atoms with Crippen molar-refractivity contribution < 1.29 is 27.1 Å². The molecule has 0 unspecified atom stereocenters. The molecule has 0 saturated carbocycles. The average molecular weight is 434 g/mol. The van der Waals surface area contributed by atoms with Crippen LogP contribution in [0.1, 0.15) is 5.56 Å². The van der Waals surface area contributed by atoms with Gasteiger partial charge in [0.05, 0.1) is 14.2 Å². The highest BCUT2D eigenvalue weighted by Crippen LogP contribution is 2.31. The zero-order chi connectivity index (χ0) is 21.7. The van der Waals surface area contributed by atoms with E-state index in [4.69, 9.17) is 9.47 Å². The van der Waals surface area contributed by atoms with Crippen molar-refractivity contribution in [3.8, 4) is 11.5 Å². The van der Waals surface area contributed by atoms with Crippen molar-refractivity contribution in [2.75, 3.05) is 40.4 Å². The second-order valence-electron chi connectivity index (χ2n) is 6.63. The number of nitrogens with zero attached hydrogens (tertiary/aromatic N) is 2. The van der Waals surface area contributed by atoms with Crippen molar-refractivity contribution in [2.24, 2.45) is 0 Å². The lowest BCUT2D eigenvalue weighted by Crippen LogP contribution is -2.50. The van der Waals surface area contributed by atoms with E-state index in [-0.39, 0.29) is 48.5 Å². The van der Waals surface area contributed by atoms with Crippen LogP contribution in [0.15, 0.2) is 53.4 Å². The van der Waals surface area contributed by atoms with E-state index in [2.05, 4.69) is 0 Å². The van der Waals surface area contributed by atoms with Crippen molar-refractivity contribution >= 4 is 22.0 Å². The van der Waals surface area contributed by atoms with E-state index in [0.29, 0.717) is 11.3 Å². The predicted octanol–water partition coefficient (Wildman–Crippen LogP) is 2.39. The molecule has 0 spiro atoms. The summed E-state index contributed by atoms with van der Waals surface area (Å²) in [6.45, 7) is 0.806. The van der Waals surface area contributed by atoms with E-state index in [1.165, 1.54) is 48.9 Å². The topological polar surface area (TPSA) is 76.2 Å². The van der Waals surface area contributed by atoms with Gasteiger partial charge >= 0.3 is 0 Å². The van der Waals surface area contributed by atoms with Crippen LogP contribution in [-0.2, 0) is 14.8 Å². The van der Waals surface area contributed by atoms with Crippen LogP contribution in [0.5, 0.6) is 11.5 Å². The Kier molecular flexibility index (Phi) is 6.73. The molecule has 0 aromatic heterocycles. The Bertz CT molecular complexity index is 1050. The second kappa shape index (κ2) is 9.27. The van der Waals surface area contributed by atoms with Gasteiger partial charge in [0.1, 0.15) is 22.2 Å². The molecule has 7 nitrogen and oxygen atoms in total. The molecule has 1 fully saturated rings. The van der Waals surface area contributed by atoms with Crippen LogP contribution >= 0.6 is 0 Å². The Labute approximate surface area is 175 Å². The first-order chi connectivity index (χ1) is 14.3. The molecule has 2 aromatic carbocycles. The number of methoxy groups -OCH3 is 2. The Morgan fingerprint density at radius 3 is 2.40 bits per heavy atom. The van der Waals surface area contributed by atoms with Crippen molar-refractivity contribution in [3.63, 3.8) is 0 Å². The fourth-order valence-electron chi connectivity index (χ4n) is 3.16. The minimum absolute atomic E-state index is 0.0233. The Morgan fingerprint density at radius 2 is 1.77 bits per heavy atom. The van der Waals surface area contributed by atoms with Gasteiger partial charge in [-0.25, -0.2) is 12.8 Å². The van der Waals surface area contributed by atoms with Crippen molar-refractivity contribution in [3.05, 3.63) is 59.9 Å². The molecule has 0 N–H and O–H groups in total. The lowest BCUT2D eigenvalue weighted by atomic mass is 10.2. The van der Waals surface area contributed by atoms with Gasteiger partial charge in [-0.3, -0.25) is 4.79 Å². The molecule has 0 aliphatic carbocycles. The molecule has 1 heterocycles. The number of sulfonamides is 1. The number of hydrogen-bond acceptors (Lipinski definition) is 5. The zero-order valence-electron chi connectivity index (χ0n) is 16.7. The van der Waals surface area contributed by atoms with E-state index in [1.54, 1.807) is 29.2 Å². The Balaban J connectivity index is 1.68. The maximum Gasteiger partial charge on any atom is 0.247 e. The van der Waals surface area contributed by atoms with Crippen LogP contribution in [0.2, 0.25) is 0 Å². The van der Waals surface area contributed by atoms with E-state index in [9.17, 15) is 17.6 Å². The summed E-state index contributed by atoms with van der Waals surface area (Å²) in [4.78, 5) is 14.0. The van der Waals surface area contributed by atoms with Gasteiger partial charge in [-0.05, 0) is 35.9 Å². The third kappa shape index (κ3) is 4.80. The molecule has 1 saturated heterocycles. The summed E-state index contributed by atoms with van der Waals surface area (Å²) in [5, 5.41) is 0. The van der Waals surface area contributed by atoms with Crippen LogP contribution in [0.4, 0.5) is 4.39 Å². The third-order valence-corrected chi connectivity index (χ3v) is 6.73. The standard InChI is InChI=1S/C21H23FN2O5S/c1-28-18-7-8-19(29-2)20(15-18)30(26,27)24-12-10-23(11-13-24)21(25)9-6-16-4-3-5-17(22)14-16/h3-9,14-15H,10-13H2,1-2H3/b9-6+. The molecule has 1 aliphatic rings. The van der Waals surface area contributed by atoms with Crippen molar-refractivity contribution in [1.82, 2.24) is 9.21 Å². The maximum atomic E-state index is 13.2. The van der Waals surface area contributed by atoms with Crippen LogP contribution in [-0.4, -0.2) is 63.9 Å². The summed E-state index contributed by atoms with van der Waals surface area (Å²) in [6.07, 6.45) is 2.90. The molecular formula is C21H23FN2O5S. The van der Waals surface area contributed by atoms with Gasteiger partial charge in [0.15, 0.2) is 0 Å². The minimum atomic E-state index is -3.82. The molecule has 0 atom stereocenters. The molecule has 160 valence electrons. The molecule has 9 heteroatoms. The number of hydrogen-bond donors (Lipinski definition) is 0. The highest BCUT2D eigenvalue weighted by atomic mass is 32.2. The van der Waals surface area contributed by atoms with Crippen LogP contribution in [0, 0.1) is 5.82 Å². The Hall–Kier alpha value is -2.91. The molecule has 0 bridgehead atoms. The smallest absolute Gasteiger partial charge is 0.247 e. The van der Waals surface area contributed by atoms with E-state index >= 15 is 0 Å². The summed E-state index contributed by atoms with van der Waals surface area (Å²) in [7, 11) is -0.952. The van der Waals surface area contributed by atoms with Crippen LogP contribution in [0.3, 0.4) is 0 Å². The normalized spacial score (nSPS) is 15.4. The number of amides is 1. The minimum Gasteiger partial charge on any atom is -0.497 e. The highest BCUT2D eigenvalue weighted by Gasteiger charge is 2.32. The highest BCUT2D eigenvalue weighted by molar-refractivity contribution is 7.89. The molecule has 0 radical (unpaired) electrons. The fraction of sp³-hybridized carbons (Fsp3) is 0.286. The van der Waals surface area contributed by atoms with Gasteiger partial charge in [0, 0.05) is 38.3 Å². The molecule has 1 amide bonds. The van der Waals surface area contributed by atoms with E-state index < -0.39 is 10.0 Å². The van der Waals surface area contributed by atoms with E-state index in [0.717, 1.165) is 0 Å². The molecule has 1 aliphatic heterocycles. The van der Waals surface area contributed by atoms with Gasteiger partial charge in [-0.1, -0.05) is 12.1 Å². The van der Waals surface area contributed by atoms with E-state index in [1.807, 2.05) is 0 Å². The third-order valence-electron chi connectivity index (χ3n) is 4.81. The van der Waals surface area contributed by atoms with Crippen molar-refractivity contribution in [1.29, 1.82) is 0 Å². The zero-order valence-corrected chi connectivity index (χ0v) is 17.6. The van der Waals surface area contributed by atoms with Crippen LogP contribution < -0.4 is 9.47 Å². The number of piperazine rings is 1. The number of halogens is 1. The predicted molar refractivity (Wildman–Crippen MR) is 110 cm³/mol. The van der Waals surface area contributed by atoms with Gasteiger partial charge in [-0.2, -0.15) is 4.31 Å². The monoisotopic (exact) mass is 434 g/mol. The number of rotatable bonds is 6. The first-order valence-electron chi connectivity index (χ1n) is 9.30. The summed E-state index contributed by atoms with van der Waals surface area (Å²) < 4.78 is 51.1. The van der Waals surface area contributed by atoms with Crippen molar-refractivity contribution in [2.45, 2.75) is 4.90 Å². The van der Waals surface area contributed by atoms with Gasteiger partial charge in [-0.15, -0.1) is 0 Å². The lowest BCUT2D eigenvalue weighted by Gasteiger charge is -2.33. The average Bonchev–Trinajstić information content (AvgIpc) is 2.77. The second-order valence-corrected chi connectivity index (χ2v) is 8.54. The summed E-state index contributed by atoms with van der Waals surface area (Å²) in [5.41, 5.74) is 0.578. The molecule has 2 aromatic rings. The summed E-state index contributed by atoms with van der Waals surface area (Å²) in [5.74, 6) is 0.00432. The first-order valence-corrected chi connectivity index (χ1v) is 10.7. The first kappa shape index (κ1) is 21.8. The Morgan fingerprint density at radius 1 is 1.03 bits per heavy atom.